The summed E-state index contributed by atoms with van der Waals surface area (Å²) in [5.74, 6) is 0. The molecule has 7 nitrogen and oxygen atoms in total. The van der Waals surface area contributed by atoms with Crippen molar-refractivity contribution in [1.82, 2.24) is 10.6 Å². The number of piperazine rings is 1. The topological polar surface area (TPSA) is 95.4 Å². The summed E-state index contributed by atoms with van der Waals surface area (Å²) in [4.78, 5) is 26.9. The molecule has 1 aromatic carbocycles. The minimum absolute atomic E-state index is 0.464. The summed E-state index contributed by atoms with van der Waals surface area (Å²) >= 11 is 0. The predicted octanol–water partition coefficient (Wildman–Crippen LogP) is 1.90. The number of hydrogen-bond donors (Lipinski definition) is 2. The molecule has 2 aliphatic rings. The van der Waals surface area contributed by atoms with E-state index in [9.17, 15) is 9.59 Å². The minimum atomic E-state index is 0.464. The van der Waals surface area contributed by atoms with E-state index in [0.717, 1.165) is 26.2 Å². The molecule has 0 amide bonds. The first-order chi connectivity index (χ1) is 11.6. The largest absolute Gasteiger partial charge is 0.373 e. The van der Waals surface area contributed by atoms with Gasteiger partial charge in [0.2, 0.25) is 12.2 Å². The molecule has 2 unspecified atom stereocenters. The summed E-state index contributed by atoms with van der Waals surface area (Å²) in [6.07, 6.45) is 3.44. The second kappa shape index (κ2) is 11.4. The van der Waals surface area contributed by atoms with Crippen LogP contribution in [-0.4, -0.2) is 50.5 Å². The molecule has 0 aliphatic carbocycles. The minimum Gasteiger partial charge on any atom is -0.373 e. The van der Waals surface area contributed by atoms with Gasteiger partial charge < -0.3 is 15.4 Å². The van der Waals surface area contributed by atoms with Crippen molar-refractivity contribution in [1.29, 1.82) is 0 Å². The third-order valence-electron chi connectivity index (χ3n) is 3.35. The second-order valence-corrected chi connectivity index (χ2v) is 5.53. The summed E-state index contributed by atoms with van der Waals surface area (Å²) in [5, 5.41) is 6.59. The van der Waals surface area contributed by atoms with Gasteiger partial charge in [-0.25, -0.2) is 9.59 Å². The van der Waals surface area contributed by atoms with Crippen molar-refractivity contribution < 1.29 is 14.3 Å². The number of nitrogens with one attached hydrogen (secondary N) is 2. The van der Waals surface area contributed by atoms with Gasteiger partial charge in [0, 0.05) is 31.2 Å². The van der Waals surface area contributed by atoms with Crippen molar-refractivity contribution in [3.63, 3.8) is 0 Å². The molecule has 2 N–H and O–H groups in total. The first kappa shape index (κ1) is 19.9. The molecule has 2 aliphatic heterocycles. The van der Waals surface area contributed by atoms with Gasteiger partial charge in [0.15, 0.2) is 0 Å². The van der Waals surface area contributed by atoms with Gasteiger partial charge in [-0.05, 0) is 32.9 Å². The summed E-state index contributed by atoms with van der Waals surface area (Å²) in [6.45, 7) is 10.3. The molecule has 130 valence electrons. The Hall–Kier alpha value is -2.14. The highest BCUT2D eigenvalue weighted by molar-refractivity contribution is 5.64. The Morgan fingerprint density at radius 2 is 1.67 bits per heavy atom. The molecule has 2 fully saturated rings. The molecule has 2 saturated heterocycles. The van der Waals surface area contributed by atoms with Gasteiger partial charge in [0.05, 0.1) is 24.1 Å². The molecular formula is C17H24N4O3. The third kappa shape index (κ3) is 8.48. The first-order valence-corrected chi connectivity index (χ1v) is 7.89. The molecule has 0 saturated carbocycles. The molecule has 0 spiro atoms. The van der Waals surface area contributed by atoms with Crippen LogP contribution in [-0.2, 0) is 14.3 Å². The van der Waals surface area contributed by atoms with Crippen LogP contribution in [0.5, 0.6) is 0 Å². The number of carbonyl (C=O) groups excluding carboxylic acids is 2. The zero-order chi connectivity index (χ0) is 17.8. The Balaban J connectivity index is 0.000000215. The zero-order valence-electron chi connectivity index (χ0n) is 14.3. The number of aliphatic imine (C=N–C) groups is 2. The number of rotatable bonds is 2. The van der Waals surface area contributed by atoms with E-state index in [1.807, 2.05) is 0 Å². The summed E-state index contributed by atoms with van der Waals surface area (Å²) in [7, 11) is 0. The molecule has 0 bridgehead atoms. The Kier molecular flexibility index (Phi) is 9.46. The summed E-state index contributed by atoms with van der Waals surface area (Å²) in [5.41, 5.74) is 1.59. The van der Waals surface area contributed by atoms with E-state index in [1.165, 1.54) is 12.2 Å². The van der Waals surface area contributed by atoms with E-state index in [4.69, 9.17) is 4.74 Å². The molecular weight excluding hydrogens is 308 g/mol. The van der Waals surface area contributed by atoms with Crippen molar-refractivity contribution in [2.24, 2.45) is 9.98 Å². The Labute approximate surface area is 142 Å². The standard InChI is InChI=1S/C9H6N2O2.C5H12N2.C3H6O/c1-7-8(10-5-12)3-2-4-9(7)11-6-13;1-5-4-6-2-3-7-5;1-3-2-4-3/h2-4H,1H3;5-7H,2-4H2,1H3;3H,2H2,1H3. The maximum absolute atomic E-state index is 10.00. The highest BCUT2D eigenvalue weighted by atomic mass is 16.6. The Morgan fingerprint density at radius 1 is 1.12 bits per heavy atom. The molecule has 7 heteroatoms. The van der Waals surface area contributed by atoms with Gasteiger partial charge in [0.1, 0.15) is 0 Å². The van der Waals surface area contributed by atoms with Crippen LogP contribution in [0.3, 0.4) is 0 Å². The van der Waals surface area contributed by atoms with Crippen LogP contribution >= 0.6 is 0 Å². The lowest BCUT2D eigenvalue weighted by molar-refractivity contribution is 0.423. The van der Waals surface area contributed by atoms with Gasteiger partial charge >= 0.3 is 0 Å². The maximum atomic E-state index is 10.00. The highest BCUT2D eigenvalue weighted by Crippen LogP contribution is 2.26. The zero-order valence-corrected chi connectivity index (χ0v) is 14.3. The van der Waals surface area contributed by atoms with Crippen LogP contribution in [0.2, 0.25) is 0 Å². The van der Waals surface area contributed by atoms with Gasteiger partial charge in [-0.1, -0.05) is 6.07 Å². The monoisotopic (exact) mass is 332 g/mol. The lowest BCUT2D eigenvalue weighted by Gasteiger charge is -2.19. The number of hydrogen-bond acceptors (Lipinski definition) is 7. The Morgan fingerprint density at radius 3 is 1.96 bits per heavy atom. The van der Waals surface area contributed by atoms with E-state index < -0.39 is 0 Å². The fourth-order valence-electron chi connectivity index (χ4n) is 1.85. The number of epoxide rings is 1. The smallest absolute Gasteiger partial charge is 0.240 e. The van der Waals surface area contributed by atoms with E-state index in [1.54, 1.807) is 25.1 Å². The third-order valence-corrected chi connectivity index (χ3v) is 3.35. The van der Waals surface area contributed by atoms with Crippen molar-refractivity contribution in [2.75, 3.05) is 26.2 Å². The van der Waals surface area contributed by atoms with Crippen molar-refractivity contribution in [3.8, 4) is 0 Å². The van der Waals surface area contributed by atoms with Crippen molar-refractivity contribution in [2.45, 2.75) is 32.9 Å². The normalized spacial score (nSPS) is 20.8. The summed E-state index contributed by atoms with van der Waals surface area (Å²) in [6, 6.07) is 5.61. The van der Waals surface area contributed by atoms with Crippen LogP contribution < -0.4 is 10.6 Å². The number of benzene rings is 1. The van der Waals surface area contributed by atoms with Gasteiger partial charge in [0.25, 0.3) is 0 Å². The van der Waals surface area contributed by atoms with Crippen molar-refractivity contribution >= 4 is 23.5 Å². The molecule has 24 heavy (non-hydrogen) atoms. The van der Waals surface area contributed by atoms with E-state index >= 15 is 0 Å². The van der Waals surface area contributed by atoms with Crippen LogP contribution in [0, 0.1) is 6.92 Å². The second-order valence-electron chi connectivity index (χ2n) is 5.53. The number of ether oxygens (including phenoxy) is 1. The number of nitrogens with zero attached hydrogens (tertiary/aromatic N) is 2. The van der Waals surface area contributed by atoms with Crippen LogP contribution in [0.1, 0.15) is 19.4 Å². The quantitative estimate of drug-likeness (QED) is 0.490. The van der Waals surface area contributed by atoms with E-state index in [-0.39, 0.29) is 0 Å². The molecule has 0 radical (unpaired) electrons. The fraction of sp³-hybridized carbons (Fsp3) is 0.529. The van der Waals surface area contributed by atoms with Gasteiger partial charge in [-0.2, -0.15) is 9.98 Å². The molecule has 2 heterocycles. The van der Waals surface area contributed by atoms with Crippen molar-refractivity contribution in [3.05, 3.63) is 23.8 Å². The van der Waals surface area contributed by atoms with Crippen LogP contribution in [0.25, 0.3) is 0 Å². The van der Waals surface area contributed by atoms with Gasteiger partial charge in [-0.15, -0.1) is 0 Å². The Bertz CT molecular complexity index is 562. The molecule has 2 atom stereocenters. The first-order valence-electron chi connectivity index (χ1n) is 7.89. The average molecular weight is 332 g/mol. The van der Waals surface area contributed by atoms with E-state index in [2.05, 4.69) is 34.5 Å². The van der Waals surface area contributed by atoms with E-state index in [0.29, 0.717) is 29.1 Å². The number of isocyanates is 2. The lowest BCUT2D eigenvalue weighted by Crippen LogP contribution is -2.46. The molecule has 0 aromatic heterocycles. The van der Waals surface area contributed by atoms with Crippen LogP contribution in [0.4, 0.5) is 11.4 Å². The molecule has 3 rings (SSSR count). The summed E-state index contributed by atoms with van der Waals surface area (Å²) < 4.78 is 4.71. The maximum Gasteiger partial charge on any atom is 0.240 e. The highest BCUT2D eigenvalue weighted by Gasteiger charge is 2.13. The fourth-order valence-corrected chi connectivity index (χ4v) is 1.85. The SMILES string of the molecule is CC1CNCCN1.CC1CO1.Cc1c(N=C=O)cccc1N=C=O. The van der Waals surface area contributed by atoms with Gasteiger partial charge in [-0.3, -0.25) is 0 Å². The average Bonchev–Trinajstić information content (AvgIpc) is 3.36. The van der Waals surface area contributed by atoms with Crippen LogP contribution in [0.15, 0.2) is 28.2 Å². The molecule has 1 aromatic rings. The lowest BCUT2D eigenvalue weighted by atomic mass is 10.1. The predicted molar refractivity (Wildman–Crippen MR) is 92.5 cm³/mol.